The Morgan fingerprint density at radius 1 is 1.31 bits per heavy atom. The van der Waals surface area contributed by atoms with Gasteiger partial charge < -0.3 is 10.7 Å². The average Bonchev–Trinajstić information content (AvgIpc) is 2.77. The minimum atomic E-state index is -0.160. The molecule has 0 radical (unpaired) electrons. The number of aromatic nitrogens is 2. The van der Waals surface area contributed by atoms with Crippen molar-refractivity contribution in [3.8, 4) is 0 Å². The van der Waals surface area contributed by atoms with Gasteiger partial charge in [0.05, 0.1) is 16.1 Å². The van der Waals surface area contributed by atoms with E-state index in [1.165, 1.54) is 0 Å². The number of H-pyrrole nitrogens is 1. The molecule has 3 nitrogen and oxygen atoms in total. The van der Waals surface area contributed by atoms with E-state index in [4.69, 9.17) is 28.9 Å². The molecular formula is C11H11Cl2N3. The molecule has 0 saturated heterocycles. The van der Waals surface area contributed by atoms with Crippen LogP contribution in [0.3, 0.4) is 0 Å². The summed E-state index contributed by atoms with van der Waals surface area (Å²) in [5, 5.41) is 1.10. The summed E-state index contributed by atoms with van der Waals surface area (Å²) in [5.74, 6) is 0.770. The number of imidazole rings is 1. The molecule has 2 rings (SSSR count). The van der Waals surface area contributed by atoms with Crippen molar-refractivity contribution in [2.75, 3.05) is 0 Å². The molecular weight excluding hydrogens is 245 g/mol. The molecule has 1 unspecified atom stereocenters. The number of nitrogens with two attached hydrogens (primary N) is 1. The zero-order valence-electron chi connectivity index (χ0n) is 8.45. The Morgan fingerprint density at radius 2 is 2.12 bits per heavy atom. The van der Waals surface area contributed by atoms with Crippen LogP contribution in [0.4, 0.5) is 0 Å². The van der Waals surface area contributed by atoms with E-state index in [0.29, 0.717) is 16.5 Å². The minimum absolute atomic E-state index is 0.160. The van der Waals surface area contributed by atoms with E-state index in [0.717, 1.165) is 11.4 Å². The second-order valence-corrected chi connectivity index (χ2v) is 4.35. The molecule has 0 aliphatic carbocycles. The monoisotopic (exact) mass is 255 g/mol. The highest BCUT2D eigenvalue weighted by Crippen LogP contribution is 2.24. The molecule has 0 amide bonds. The van der Waals surface area contributed by atoms with E-state index >= 15 is 0 Å². The van der Waals surface area contributed by atoms with Crippen molar-refractivity contribution in [3.05, 3.63) is 52.0 Å². The summed E-state index contributed by atoms with van der Waals surface area (Å²) in [4.78, 5) is 7.10. The molecule has 0 aliphatic rings. The quantitative estimate of drug-likeness (QED) is 0.886. The fourth-order valence-corrected chi connectivity index (χ4v) is 1.82. The van der Waals surface area contributed by atoms with Crippen LogP contribution in [0.1, 0.15) is 17.4 Å². The smallest absolute Gasteiger partial charge is 0.123 e. The standard InChI is InChI=1S/C11H11Cl2N3/c12-8-2-1-7(5-9(8)13)6-10(14)11-15-3-4-16-11/h1-5,10H,6,14H2,(H,15,16). The van der Waals surface area contributed by atoms with Crippen molar-refractivity contribution in [1.82, 2.24) is 9.97 Å². The number of rotatable bonds is 3. The molecule has 0 fully saturated rings. The molecule has 1 aromatic heterocycles. The Hall–Kier alpha value is -1.03. The molecule has 1 aromatic carbocycles. The number of nitrogens with zero attached hydrogens (tertiary/aromatic N) is 1. The molecule has 2 aromatic rings. The summed E-state index contributed by atoms with van der Waals surface area (Å²) in [6, 6.07) is 5.35. The SMILES string of the molecule is NC(Cc1ccc(Cl)c(Cl)c1)c1ncc[nH]1. The molecule has 0 bridgehead atoms. The Bertz CT molecular complexity index is 468. The van der Waals surface area contributed by atoms with Gasteiger partial charge in [-0.3, -0.25) is 0 Å². The molecule has 0 saturated carbocycles. The first kappa shape index (κ1) is 11.5. The lowest BCUT2D eigenvalue weighted by atomic mass is 10.1. The molecule has 16 heavy (non-hydrogen) atoms. The van der Waals surface area contributed by atoms with Gasteiger partial charge in [0.1, 0.15) is 5.82 Å². The Kier molecular flexibility index (Phi) is 3.49. The van der Waals surface area contributed by atoms with E-state index in [1.807, 2.05) is 12.1 Å². The highest BCUT2D eigenvalue weighted by molar-refractivity contribution is 6.42. The minimum Gasteiger partial charge on any atom is -0.347 e. The van der Waals surface area contributed by atoms with Gasteiger partial charge >= 0.3 is 0 Å². The van der Waals surface area contributed by atoms with Crippen LogP contribution in [0.2, 0.25) is 10.0 Å². The summed E-state index contributed by atoms with van der Waals surface area (Å²) in [7, 11) is 0. The molecule has 1 atom stereocenters. The number of hydrogen-bond acceptors (Lipinski definition) is 2. The van der Waals surface area contributed by atoms with Crippen LogP contribution in [0.15, 0.2) is 30.6 Å². The first-order valence-electron chi connectivity index (χ1n) is 4.85. The van der Waals surface area contributed by atoms with Crippen molar-refractivity contribution >= 4 is 23.2 Å². The zero-order chi connectivity index (χ0) is 11.5. The lowest BCUT2D eigenvalue weighted by Gasteiger charge is -2.09. The van der Waals surface area contributed by atoms with Gasteiger partial charge in [0.15, 0.2) is 0 Å². The van der Waals surface area contributed by atoms with Crippen LogP contribution < -0.4 is 5.73 Å². The number of benzene rings is 1. The largest absolute Gasteiger partial charge is 0.347 e. The van der Waals surface area contributed by atoms with Gasteiger partial charge in [-0.25, -0.2) is 4.98 Å². The first-order valence-corrected chi connectivity index (χ1v) is 5.61. The Balaban J connectivity index is 2.12. The second-order valence-electron chi connectivity index (χ2n) is 3.53. The Labute approximate surface area is 104 Å². The van der Waals surface area contributed by atoms with Gasteiger partial charge in [0, 0.05) is 12.4 Å². The van der Waals surface area contributed by atoms with Crippen molar-refractivity contribution in [2.24, 2.45) is 5.73 Å². The van der Waals surface area contributed by atoms with E-state index in [1.54, 1.807) is 18.5 Å². The normalized spacial score (nSPS) is 12.7. The average molecular weight is 256 g/mol. The second kappa shape index (κ2) is 4.87. The number of hydrogen-bond donors (Lipinski definition) is 2. The third-order valence-corrected chi connectivity index (χ3v) is 3.05. The molecule has 0 spiro atoms. The van der Waals surface area contributed by atoms with E-state index in [-0.39, 0.29) is 6.04 Å². The third-order valence-electron chi connectivity index (χ3n) is 2.31. The lowest BCUT2D eigenvalue weighted by molar-refractivity contribution is 0.678. The van der Waals surface area contributed by atoms with E-state index in [2.05, 4.69) is 9.97 Å². The molecule has 0 aliphatic heterocycles. The van der Waals surface area contributed by atoms with Gasteiger partial charge in [-0.05, 0) is 24.1 Å². The molecule has 3 N–H and O–H groups in total. The molecule has 1 heterocycles. The van der Waals surface area contributed by atoms with Crippen LogP contribution in [0.25, 0.3) is 0 Å². The summed E-state index contributed by atoms with van der Waals surface area (Å²) < 4.78 is 0. The highest BCUT2D eigenvalue weighted by Gasteiger charge is 2.10. The summed E-state index contributed by atoms with van der Waals surface area (Å²) >= 11 is 11.8. The maximum atomic E-state index is 5.99. The lowest BCUT2D eigenvalue weighted by Crippen LogP contribution is -2.14. The van der Waals surface area contributed by atoms with Gasteiger partial charge in [-0.1, -0.05) is 29.3 Å². The van der Waals surface area contributed by atoms with Crippen LogP contribution in [0, 0.1) is 0 Å². The topological polar surface area (TPSA) is 54.7 Å². The number of halogens is 2. The van der Waals surface area contributed by atoms with Crippen molar-refractivity contribution in [3.63, 3.8) is 0 Å². The van der Waals surface area contributed by atoms with Crippen molar-refractivity contribution < 1.29 is 0 Å². The number of aromatic amines is 1. The summed E-state index contributed by atoms with van der Waals surface area (Å²) in [6.45, 7) is 0. The van der Waals surface area contributed by atoms with Crippen LogP contribution in [0.5, 0.6) is 0 Å². The van der Waals surface area contributed by atoms with E-state index in [9.17, 15) is 0 Å². The maximum Gasteiger partial charge on any atom is 0.123 e. The fraction of sp³-hybridized carbons (Fsp3) is 0.182. The summed E-state index contributed by atoms with van der Waals surface area (Å²) in [6.07, 6.45) is 4.11. The van der Waals surface area contributed by atoms with Gasteiger partial charge in [-0.15, -0.1) is 0 Å². The van der Waals surface area contributed by atoms with Gasteiger partial charge in [0.2, 0.25) is 0 Å². The van der Waals surface area contributed by atoms with Gasteiger partial charge in [-0.2, -0.15) is 0 Å². The van der Waals surface area contributed by atoms with Crippen LogP contribution in [-0.4, -0.2) is 9.97 Å². The van der Waals surface area contributed by atoms with E-state index < -0.39 is 0 Å². The molecule has 5 heteroatoms. The third kappa shape index (κ3) is 2.55. The zero-order valence-corrected chi connectivity index (χ0v) is 9.96. The predicted molar refractivity (Wildman–Crippen MR) is 65.7 cm³/mol. The van der Waals surface area contributed by atoms with Crippen molar-refractivity contribution in [2.45, 2.75) is 12.5 Å². The van der Waals surface area contributed by atoms with Crippen LogP contribution in [-0.2, 0) is 6.42 Å². The predicted octanol–water partition coefficient (Wildman–Crippen LogP) is 2.96. The van der Waals surface area contributed by atoms with Crippen LogP contribution >= 0.6 is 23.2 Å². The highest BCUT2D eigenvalue weighted by atomic mass is 35.5. The van der Waals surface area contributed by atoms with Crippen molar-refractivity contribution in [1.29, 1.82) is 0 Å². The fourth-order valence-electron chi connectivity index (χ4n) is 1.50. The maximum absolute atomic E-state index is 5.99. The molecule has 84 valence electrons. The number of nitrogens with one attached hydrogen (secondary N) is 1. The van der Waals surface area contributed by atoms with Gasteiger partial charge in [0.25, 0.3) is 0 Å². The first-order chi connectivity index (χ1) is 7.66. The summed E-state index contributed by atoms with van der Waals surface area (Å²) in [5.41, 5.74) is 7.03. The Morgan fingerprint density at radius 3 is 2.75 bits per heavy atom.